The number of hydrogen-bond donors (Lipinski definition) is 2. The van der Waals surface area contributed by atoms with Gasteiger partial charge in [-0.05, 0) is 12.8 Å². The molecule has 1 saturated carbocycles. The number of ether oxygens (including phenoxy) is 1. The normalized spacial score (nSPS) is 14.3. The van der Waals surface area contributed by atoms with Crippen LogP contribution in [0.2, 0.25) is 0 Å². The van der Waals surface area contributed by atoms with Gasteiger partial charge in [-0.3, -0.25) is 25.0 Å². The Labute approximate surface area is 150 Å². The van der Waals surface area contributed by atoms with Gasteiger partial charge in [-0.15, -0.1) is 0 Å². The Kier molecular flexibility index (Phi) is 7.07. The summed E-state index contributed by atoms with van der Waals surface area (Å²) >= 11 is 0. The maximum atomic E-state index is 11.8. The Morgan fingerprint density at radius 3 is 2.54 bits per heavy atom. The van der Waals surface area contributed by atoms with Gasteiger partial charge in [-0.2, -0.15) is 0 Å². The zero-order valence-electron chi connectivity index (χ0n) is 14.2. The van der Waals surface area contributed by atoms with Crippen molar-refractivity contribution in [1.29, 1.82) is 0 Å². The Morgan fingerprint density at radius 1 is 1.15 bits per heavy atom. The van der Waals surface area contributed by atoms with Gasteiger partial charge < -0.3 is 10.1 Å². The van der Waals surface area contributed by atoms with Crippen LogP contribution in [-0.4, -0.2) is 35.5 Å². The number of nitrogens with one attached hydrogen (secondary N) is 2. The molecule has 26 heavy (non-hydrogen) atoms. The summed E-state index contributed by atoms with van der Waals surface area (Å²) < 4.78 is 4.78. The van der Waals surface area contributed by atoms with E-state index in [0.717, 1.165) is 32.1 Å². The van der Waals surface area contributed by atoms with Gasteiger partial charge in [0.05, 0.1) is 11.3 Å². The minimum absolute atomic E-state index is 0.0535. The van der Waals surface area contributed by atoms with E-state index in [-0.39, 0.29) is 23.7 Å². The second kappa shape index (κ2) is 9.50. The van der Waals surface area contributed by atoms with Crippen molar-refractivity contribution in [2.24, 2.45) is 0 Å². The molecule has 140 valence electrons. The molecule has 3 amide bonds. The third-order valence-corrected chi connectivity index (χ3v) is 4.08. The van der Waals surface area contributed by atoms with Crippen LogP contribution >= 0.6 is 0 Å². The van der Waals surface area contributed by atoms with E-state index in [9.17, 15) is 24.5 Å². The molecule has 0 aliphatic heterocycles. The van der Waals surface area contributed by atoms with Crippen LogP contribution in [-0.2, 0) is 20.7 Å². The van der Waals surface area contributed by atoms with Crippen molar-refractivity contribution < 1.29 is 24.0 Å². The molecule has 0 unspecified atom stereocenters. The molecular weight excluding hydrogens is 342 g/mol. The molecule has 9 heteroatoms. The number of imide groups is 1. The van der Waals surface area contributed by atoms with Crippen LogP contribution in [0.1, 0.15) is 37.7 Å². The number of benzene rings is 1. The van der Waals surface area contributed by atoms with Crippen molar-refractivity contribution in [1.82, 2.24) is 10.6 Å². The average molecular weight is 363 g/mol. The number of nitro benzene ring substituents is 1. The topological polar surface area (TPSA) is 128 Å². The third-order valence-electron chi connectivity index (χ3n) is 4.08. The molecule has 9 nitrogen and oxygen atoms in total. The molecule has 2 N–H and O–H groups in total. The predicted octanol–water partition coefficient (Wildman–Crippen LogP) is 1.84. The number of esters is 1. The van der Waals surface area contributed by atoms with Crippen molar-refractivity contribution >= 4 is 23.6 Å². The van der Waals surface area contributed by atoms with Crippen LogP contribution in [0.3, 0.4) is 0 Å². The first kappa shape index (κ1) is 19.4. The second-order valence-corrected chi connectivity index (χ2v) is 6.08. The Hall–Kier alpha value is -2.97. The molecule has 1 fully saturated rings. The molecule has 1 aliphatic rings. The number of para-hydroxylation sites is 1. The standard InChI is InChI=1S/C17H21N3O6/c21-15(19-17(23)18-13-7-2-1-3-8-13)11-26-16(22)10-12-6-4-5-9-14(12)20(24)25/h4-6,9,13H,1-3,7-8,10-11H2,(H2,18,19,21,23). The lowest BCUT2D eigenvalue weighted by Crippen LogP contribution is -2.46. The van der Waals surface area contributed by atoms with Crippen molar-refractivity contribution in [2.45, 2.75) is 44.6 Å². The van der Waals surface area contributed by atoms with E-state index in [0.29, 0.717) is 0 Å². The zero-order valence-corrected chi connectivity index (χ0v) is 14.2. The van der Waals surface area contributed by atoms with Crippen LogP contribution < -0.4 is 10.6 Å². The molecule has 0 atom stereocenters. The first-order valence-electron chi connectivity index (χ1n) is 8.44. The van der Waals surface area contributed by atoms with Gasteiger partial charge in [-0.1, -0.05) is 37.5 Å². The van der Waals surface area contributed by atoms with Crippen LogP contribution in [0, 0.1) is 10.1 Å². The smallest absolute Gasteiger partial charge is 0.321 e. The molecule has 2 rings (SSSR count). The minimum atomic E-state index is -0.790. The highest BCUT2D eigenvalue weighted by Gasteiger charge is 2.19. The summed E-state index contributed by atoms with van der Waals surface area (Å²) in [6, 6.07) is 5.22. The van der Waals surface area contributed by atoms with E-state index in [2.05, 4.69) is 10.6 Å². The molecule has 1 aromatic carbocycles. The number of carbonyl (C=O) groups excluding carboxylic acids is 3. The summed E-state index contributed by atoms with van der Waals surface area (Å²) in [6.07, 6.45) is 4.66. The van der Waals surface area contributed by atoms with Crippen LogP contribution in [0.5, 0.6) is 0 Å². The molecule has 0 heterocycles. The summed E-state index contributed by atoms with van der Waals surface area (Å²) in [5, 5.41) is 15.7. The fourth-order valence-corrected chi connectivity index (χ4v) is 2.82. The Bertz CT molecular complexity index is 685. The number of urea groups is 1. The van der Waals surface area contributed by atoms with E-state index in [1.807, 2.05) is 0 Å². The summed E-state index contributed by atoms with van der Waals surface area (Å²) in [5.74, 6) is -1.55. The molecule has 0 aromatic heterocycles. The molecule has 0 saturated heterocycles. The van der Waals surface area contributed by atoms with Crippen LogP contribution in [0.15, 0.2) is 24.3 Å². The summed E-state index contributed by atoms with van der Waals surface area (Å²) in [5.41, 5.74) is -0.00119. The second-order valence-electron chi connectivity index (χ2n) is 6.08. The summed E-state index contributed by atoms with van der Waals surface area (Å²) in [7, 11) is 0. The Morgan fingerprint density at radius 2 is 1.85 bits per heavy atom. The van der Waals surface area contributed by atoms with E-state index < -0.39 is 29.4 Å². The lowest BCUT2D eigenvalue weighted by Gasteiger charge is -2.22. The molecular formula is C17H21N3O6. The maximum Gasteiger partial charge on any atom is 0.321 e. The van der Waals surface area contributed by atoms with Crippen molar-refractivity contribution in [2.75, 3.05) is 6.61 Å². The van der Waals surface area contributed by atoms with E-state index in [1.165, 1.54) is 18.2 Å². The largest absolute Gasteiger partial charge is 0.455 e. The lowest BCUT2D eigenvalue weighted by atomic mass is 9.96. The van der Waals surface area contributed by atoms with E-state index in [1.54, 1.807) is 6.07 Å². The number of hydrogen-bond acceptors (Lipinski definition) is 6. The van der Waals surface area contributed by atoms with Crippen molar-refractivity contribution in [3.63, 3.8) is 0 Å². The summed E-state index contributed by atoms with van der Waals surface area (Å²) in [6.45, 7) is -0.627. The zero-order chi connectivity index (χ0) is 18.9. The molecule has 0 radical (unpaired) electrons. The first-order chi connectivity index (χ1) is 12.5. The quantitative estimate of drug-likeness (QED) is 0.451. The summed E-state index contributed by atoms with van der Waals surface area (Å²) in [4.78, 5) is 45.5. The third kappa shape index (κ3) is 6.15. The number of rotatable bonds is 6. The van der Waals surface area contributed by atoms with E-state index >= 15 is 0 Å². The van der Waals surface area contributed by atoms with E-state index in [4.69, 9.17) is 4.74 Å². The van der Waals surface area contributed by atoms with Gasteiger partial charge in [0, 0.05) is 17.7 Å². The van der Waals surface area contributed by atoms with Gasteiger partial charge in [0.2, 0.25) is 0 Å². The van der Waals surface area contributed by atoms with Crippen LogP contribution in [0.4, 0.5) is 10.5 Å². The number of carbonyl (C=O) groups is 3. The van der Waals surface area contributed by atoms with Gasteiger partial charge >= 0.3 is 12.0 Å². The average Bonchev–Trinajstić information content (AvgIpc) is 2.61. The molecule has 1 aromatic rings. The predicted molar refractivity (Wildman–Crippen MR) is 91.3 cm³/mol. The number of amides is 3. The minimum Gasteiger partial charge on any atom is -0.455 e. The molecule has 0 bridgehead atoms. The highest BCUT2D eigenvalue weighted by atomic mass is 16.6. The lowest BCUT2D eigenvalue weighted by molar-refractivity contribution is -0.385. The monoisotopic (exact) mass is 363 g/mol. The van der Waals surface area contributed by atoms with Gasteiger partial charge in [0.15, 0.2) is 6.61 Å². The maximum absolute atomic E-state index is 11.8. The van der Waals surface area contributed by atoms with Crippen LogP contribution in [0.25, 0.3) is 0 Å². The van der Waals surface area contributed by atoms with Gasteiger partial charge in [-0.25, -0.2) is 4.79 Å². The van der Waals surface area contributed by atoms with Gasteiger partial charge in [0.1, 0.15) is 0 Å². The fourth-order valence-electron chi connectivity index (χ4n) is 2.82. The molecule has 1 aliphatic carbocycles. The highest BCUT2D eigenvalue weighted by Crippen LogP contribution is 2.18. The van der Waals surface area contributed by atoms with Crippen molar-refractivity contribution in [3.8, 4) is 0 Å². The number of nitrogens with zero attached hydrogens (tertiary/aromatic N) is 1. The SMILES string of the molecule is O=C(COC(=O)Cc1ccccc1[N+](=O)[O-])NC(=O)NC1CCCCC1. The fraction of sp³-hybridized carbons (Fsp3) is 0.471. The van der Waals surface area contributed by atoms with Gasteiger partial charge in [0.25, 0.3) is 11.6 Å². The highest BCUT2D eigenvalue weighted by molar-refractivity contribution is 5.95. The van der Waals surface area contributed by atoms with Crippen molar-refractivity contribution in [3.05, 3.63) is 39.9 Å². The first-order valence-corrected chi connectivity index (χ1v) is 8.44. The Balaban J connectivity index is 1.74. The number of nitro groups is 1. The molecule has 0 spiro atoms.